The molecule has 1 aromatic rings. The highest BCUT2D eigenvalue weighted by molar-refractivity contribution is 6.00. The van der Waals surface area contributed by atoms with E-state index in [-0.39, 0.29) is 23.9 Å². The molecule has 6 nitrogen and oxygen atoms in total. The fourth-order valence-corrected chi connectivity index (χ4v) is 4.18. The molecular weight excluding hydrogens is 320 g/mol. The molecule has 3 atom stereocenters. The van der Waals surface area contributed by atoms with Crippen molar-refractivity contribution in [3.05, 3.63) is 29.8 Å². The van der Waals surface area contributed by atoms with Gasteiger partial charge in [0.1, 0.15) is 5.54 Å². The predicted octanol–water partition coefficient (Wildman–Crippen LogP) is 2.33. The summed E-state index contributed by atoms with van der Waals surface area (Å²) >= 11 is 0. The number of amides is 1. The Morgan fingerprint density at radius 2 is 2.00 bits per heavy atom. The van der Waals surface area contributed by atoms with Crippen LogP contribution in [-0.2, 0) is 14.3 Å². The molecule has 136 valence electrons. The lowest BCUT2D eigenvalue weighted by Gasteiger charge is -2.65. The van der Waals surface area contributed by atoms with Crippen LogP contribution in [0.4, 0.5) is 5.69 Å². The molecule has 6 heteroatoms. The van der Waals surface area contributed by atoms with Crippen molar-refractivity contribution in [2.75, 3.05) is 18.5 Å². The number of nitrogens with one attached hydrogen (secondary N) is 1. The number of carbonyl (C=O) groups is 2. The van der Waals surface area contributed by atoms with Gasteiger partial charge in [0.2, 0.25) is 5.91 Å². The first-order valence-electron chi connectivity index (χ1n) is 8.81. The van der Waals surface area contributed by atoms with E-state index in [0.29, 0.717) is 17.9 Å². The molecule has 3 rings (SSSR count). The van der Waals surface area contributed by atoms with Gasteiger partial charge in [0, 0.05) is 23.6 Å². The van der Waals surface area contributed by atoms with Crippen LogP contribution in [0.2, 0.25) is 0 Å². The maximum Gasteiger partial charge on any atom is 0.338 e. The standard InChI is InChI=1S/C19H26N2O4/c1-4-24-16(22)12-7-9-13(10-8-12)21-17(23)19(20)14-6-5-11-25-15(14)18(19,2)3/h7-10,14-15H,4-6,11,20H2,1-3H3,(H,21,23). The maximum absolute atomic E-state index is 12.9. The smallest absolute Gasteiger partial charge is 0.338 e. The van der Waals surface area contributed by atoms with Crippen molar-refractivity contribution in [3.8, 4) is 0 Å². The van der Waals surface area contributed by atoms with Gasteiger partial charge in [-0.2, -0.15) is 0 Å². The average molecular weight is 346 g/mol. The second-order valence-corrected chi connectivity index (χ2v) is 7.38. The highest BCUT2D eigenvalue weighted by atomic mass is 16.5. The monoisotopic (exact) mass is 346 g/mol. The number of hydrogen-bond donors (Lipinski definition) is 2. The molecule has 0 spiro atoms. The van der Waals surface area contributed by atoms with E-state index in [2.05, 4.69) is 5.32 Å². The van der Waals surface area contributed by atoms with Crippen molar-refractivity contribution in [1.29, 1.82) is 0 Å². The van der Waals surface area contributed by atoms with E-state index < -0.39 is 11.0 Å². The third-order valence-electron chi connectivity index (χ3n) is 5.71. The molecule has 3 N–H and O–H groups in total. The molecule has 0 bridgehead atoms. The van der Waals surface area contributed by atoms with Crippen molar-refractivity contribution >= 4 is 17.6 Å². The van der Waals surface area contributed by atoms with Crippen LogP contribution in [0.1, 0.15) is 44.0 Å². The summed E-state index contributed by atoms with van der Waals surface area (Å²) in [5, 5.41) is 2.90. The van der Waals surface area contributed by atoms with Gasteiger partial charge in [-0.15, -0.1) is 0 Å². The number of esters is 1. The molecule has 2 fully saturated rings. The van der Waals surface area contributed by atoms with E-state index in [0.717, 1.165) is 19.4 Å². The molecule has 1 aromatic carbocycles. The molecule has 25 heavy (non-hydrogen) atoms. The van der Waals surface area contributed by atoms with Gasteiger partial charge in [0.25, 0.3) is 0 Å². The fraction of sp³-hybridized carbons (Fsp3) is 0.579. The molecule has 3 unspecified atom stereocenters. The predicted molar refractivity (Wildman–Crippen MR) is 94.2 cm³/mol. The van der Waals surface area contributed by atoms with Gasteiger partial charge in [-0.1, -0.05) is 13.8 Å². The van der Waals surface area contributed by atoms with Gasteiger partial charge < -0.3 is 20.5 Å². The van der Waals surface area contributed by atoms with E-state index in [1.165, 1.54) is 0 Å². The molecule has 0 aromatic heterocycles. The van der Waals surface area contributed by atoms with Gasteiger partial charge in [-0.05, 0) is 44.0 Å². The molecule has 0 radical (unpaired) electrons. The lowest BCUT2D eigenvalue weighted by molar-refractivity contribution is -0.222. The van der Waals surface area contributed by atoms with E-state index in [1.807, 2.05) is 13.8 Å². The van der Waals surface area contributed by atoms with Crippen LogP contribution in [-0.4, -0.2) is 36.7 Å². The average Bonchev–Trinajstić information content (AvgIpc) is 2.61. The zero-order chi connectivity index (χ0) is 18.2. The van der Waals surface area contributed by atoms with Gasteiger partial charge in [0.15, 0.2) is 0 Å². The van der Waals surface area contributed by atoms with Gasteiger partial charge in [-0.3, -0.25) is 4.79 Å². The molecule has 1 aliphatic heterocycles. The highest BCUT2D eigenvalue weighted by Crippen LogP contribution is 2.57. The Hall–Kier alpha value is -1.92. The Balaban J connectivity index is 1.72. The second-order valence-electron chi connectivity index (χ2n) is 7.38. The Bertz CT molecular complexity index is 671. The number of nitrogens with two attached hydrogens (primary N) is 1. The van der Waals surface area contributed by atoms with E-state index in [4.69, 9.17) is 15.2 Å². The molecule has 1 saturated heterocycles. The summed E-state index contributed by atoms with van der Waals surface area (Å²) < 4.78 is 10.8. The first-order chi connectivity index (χ1) is 11.8. The fourth-order valence-electron chi connectivity index (χ4n) is 4.18. The number of benzene rings is 1. The Morgan fingerprint density at radius 3 is 2.64 bits per heavy atom. The van der Waals surface area contributed by atoms with Crippen molar-refractivity contribution in [1.82, 2.24) is 0 Å². The molecule has 1 amide bonds. The lowest BCUT2D eigenvalue weighted by atomic mass is 9.46. The Morgan fingerprint density at radius 1 is 1.32 bits per heavy atom. The third-order valence-corrected chi connectivity index (χ3v) is 5.71. The summed E-state index contributed by atoms with van der Waals surface area (Å²) in [6.45, 7) is 6.80. The normalized spacial score (nSPS) is 29.9. The van der Waals surface area contributed by atoms with E-state index in [9.17, 15) is 9.59 Å². The second kappa shape index (κ2) is 6.42. The van der Waals surface area contributed by atoms with Gasteiger partial charge in [0.05, 0.1) is 18.3 Å². The van der Waals surface area contributed by atoms with E-state index in [1.54, 1.807) is 31.2 Å². The number of ether oxygens (including phenoxy) is 2. The summed E-state index contributed by atoms with van der Waals surface area (Å²) in [5.74, 6) is -0.541. The molecule has 2 aliphatic rings. The Kier molecular flexibility index (Phi) is 4.60. The van der Waals surface area contributed by atoms with Crippen LogP contribution in [0.5, 0.6) is 0 Å². The van der Waals surface area contributed by atoms with Gasteiger partial charge >= 0.3 is 5.97 Å². The van der Waals surface area contributed by atoms with Crippen LogP contribution in [0, 0.1) is 11.3 Å². The first kappa shape index (κ1) is 17.9. The number of hydrogen-bond acceptors (Lipinski definition) is 5. The third kappa shape index (κ3) is 2.73. The van der Waals surface area contributed by atoms with Crippen LogP contribution in [0.25, 0.3) is 0 Å². The zero-order valence-electron chi connectivity index (χ0n) is 15.0. The minimum absolute atomic E-state index is 0.0307. The summed E-state index contributed by atoms with van der Waals surface area (Å²) in [5.41, 5.74) is 6.26. The minimum atomic E-state index is -0.960. The molecular formula is C19H26N2O4. The number of fused-ring (bicyclic) bond motifs is 1. The number of anilines is 1. The Labute approximate surface area is 148 Å². The van der Waals surface area contributed by atoms with Gasteiger partial charge in [-0.25, -0.2) is 4.79 Å². The lowest BCUT2D eigenvalue weighted by Crippen LogP contribution is -2.81. The first-order valence-corrected chi connectivity index (χ1v) is 8.81. The molecule has 1 heterocycles. The zero-order valence-corrected chi connectivity index (χ0v) is 15.0. The molecule has 1 aliphatic carbocycles. The van der Waals surface area contributed by atoms with E-state index >= 15 is 0 Å². The van der Waals surface area contributed by atoms with Crippen molar-refractivity contribution in [2.24, 2.45) is 17.1 Å². The summed E-state index contributed by atoms with van der Waals surface area (Å²) in [7, 11) is 0. The summed E-state index contributed by atoms with van der Waals surface area (Å²) in [4.78, 5) is 24.6. The number of rotatable bonds is 4. The topological polar surface area (TPSA) is 90.7 Å². The largest absolute Gasteiger partial charge is 0.462 e. The van der Waals surface area contributed by atoms with Crippen LogP contribution in [0.15, 0.2) is 24.3 Å². The minimum Gasteiger partial charge on any atom is -0.462 e. The SMILES string of the molecule is CCOC(=O)c1ccc(NC(=O)C2(N)C3CCCOC3C2(C)C)cc1. The van der Waals surface area contributed by atoms with Crippen molar-refractivity contribution in [3.63, 3.8) is 0 Å². The summed E-state index contributed by atoms with van der Waals surface area (Å²) in [6.07, 6.45) is 1.86. The van der Waals surface area contributed by atoms with Crippen LogP contribution >= 0.6 is 0 Å². The highest BCUT2D eigenvalue weighted by Gasteiger charge is 2.70. The van der Waals surface area contributed by atoms with Crippen molar-refractivity contribution < 1.29 is 19.1 Å². The molecule has 1 saturated carbocycles. The van der Waals surface area contributed by atoms with Crippen LogP contribution in [0.3, 0.4) is 0 Å². The quantitative estimate of drug-likeness (QED) is 0.817. The van der Waals surface area contributed by atoms with Crippen molar-refractivity contribution in [2.45, 2.75) is 45.3 Å². The summed E-state index contributed by atoms with van der Waals surface area (Å²) in [6, 6.07) is 6.65. The maximum atomic E-state index is 12.9. The number of carbonyl (C=O) groups excluding carboxylic acids is 2. The van der Waals surface area contributed by atoms with Crippen LogP contribution < -0.4 is 11.1 Å².